The van der Waals surface area contributed by atoms with Crippen LogP contribution in [0.5, 0.6) is 11.6 Å². The van der Waals surface area contributed by atoms with Crippen LogP contribution in [-0.2, 0) is 11.3 Å². The molecule has 3 aromatic rings. The van der Waals surface area contributed by atoms with Crippen molar-refractivity contribution in [3.05, 3.63) is 81.3 Å². The Morgan fingerprint density at radius 1 is 1.12 bits per heavy atom. The molecule has 3 N–H and O–H groups in total. The van der Waals surface area contributed by atoms with Crippen LogP contribution in [0.2, 0.25) is 0 Å². The minimum atomic E-state index is -2.80. The lowest BCUT2D eigenvalue weighted by molar-refractivity contribution is -0.145. The number of hydrogen-bond donors (Lipinski definition) is 2. The number of halogens is 3. The third-order valence-corrected chi connectivity index (χ3v) is 8.38. The number of ether oxygens (including phenoxy) is 1. The Balaban J connectivity index is 1.24. The molecule has 1 aromatic heterocycles. The number of anilines is 1. The molecule has 1 saturated heterocycles. The summed E-state index contributed by atoms with van der Waals surface area (Å²) < 4.78 is 36.4. The summed E-state index contributed by atoms with van der Waals surface area (Å²) in [4.78, 5) is 32.3. The summed E-state index contributed by atoms with van der Waals surface area (Å²) in [5, 5.41) is 11.3. The quantitative estimate of drug-likeness (QED) is 0.405. The van der Waals surface area contributed by atoms with Crippen molar-refractivity contribution in [3.8, 4) is 11.6 Å². The number of piperidine rings is 1. The van der Waals surface area contributed by atoms with E-state index in [1.54, 1.807) is 47.4 Å². The van der Waals surface area contributed by atoms with E-state index in [-0.39, 0.29) is 69.2 Å². The van der Waals surface area contributed by atoms with Gasteiger partial charge in [0, 0.05) is 42.2 Å². The Kier molecular flexibility index (Phi) is 7.96. The van der Waals surface area contributed by atoms with Crippen molar-refractivity contribution in [1.82, 2.24) is 14.5 Å². The Hall–Kier alpha value is -3.31. The van der Waals surface area contributed by atoms with Crippen LogP contribution in [-0.4, -0.2) is 50.1 Å². The second kappa shape index (κ2) is 11.3. The number of nitrogen functional groups attached to an aromatic ring is 1. The van der Waals surface area contributed by atoms with E-state index in [2.05, 4.69) is 20.9 Å². The van der Waals surface area contributed by atoms with Gasteiger partial charge in [0.05, 0.1) is 12.1 Å². The summed E-state index contributed by atoms with van der Waals surface area (Å²) in [6, 6.07) is 16.0. The van der Waals surface area contributed by atoms with Gasteiger partial charge in [-0.2, -0.15) is 0 Å². The lowest BCUT2D eigenvalue weighted by Gasteiger charge is -2.42. The van der Waals surface area contributed by atoms with Crippen LogP contribution >= 0.6 is 15.9 Å². The molecule has 1 amide bonds. The van der Waals surface area contributed by atoms with E-state index >= 15 is 0 Å². The number of nitrogens with two attached hydrogens (primary N) is 1. The fourth-order valence-electron chi connectivity index (χ4n) is 5.66. The fourth-order valence-corrected chi connectivity index (χ4v) is 6.04. The summed E-state index contributed by atoms with van der Waals surface area (Å²) >= 11 is 3.35. The van der Waals surface area contributed by atoms with Crippen molar-refractivity contribution in [2.24, 2.45) is 5.92 Å². The molecule has 40 heavy (non-hydrogen) atoms. The van der Waals surface area contributed by atoms with Crippen LogP contribution < -0.4 is 16.0 Å². The van der Waals surface area contributed by atoms with Gasteiger partial charge in [0.25, 0.3) is 5.56 Å². The molecule has 2 aromatic carbocycles. The van der Waals surface area contributed by atoms with E-state index in [9.17, 15) is 23.5 Å². The molecule has 0 unspecified atom stereocenters. The second-order valence-corrected chi connectivity index (χ2v) is 11.6. The molecule has 5 rings (SSSR count). The van der Waals surface area contributed by atoms with Crippen LogP contribution in [0.3, 0.4) is 0 Å². The molecule has 0 bridgehead atoms. The average Bonchev–Trinajstić information content (AvgIpc) is 2.93. The highest BCUT2D eigenvalue weighted by Gasteiger charge is 2.46. The first-order valence-electron chi connectivity index (χ1n) is 13.3. The van der Waals surface area contributed by atoms with Crippen molar-refractivity contribution in [3.63, 3.8) is 0 Å². The summed E-state index contributed by atoms with van der Waals surface area (Å²) in [5.74, 6) is -3.65. The number of alkyl halides is 2. The van der Waals surface area contributed by atoms with Crippen LogP contribution in [0.25, 0.3) is 0 Å². The highest BCUT2D eigenvalue weighted by Crippen LogP contribution is 2.46. The van der Waals surface area contributed by atoms with Gasteiger partial charge < -0.3 is 20.5 Å². The predicted molar refractivity (Wildman–Crippen MR) is 149 cm³/mol. The number of carbonyl (C=O) groups excluding carboxylic acids is 1. The molecule has 212 valence electrons. The van der Waals surface area contributed by atoms with E-state index in [0.717, 1.165) is 10.0 Å². The number of aliphatic hydroxyl groups is 1. The molecule has 2 fully saturated rings. The number of aromatic nitrogens is 2. The maximum Gasteiger partial charge on any atom is 0.280 e. The summed E-state index contributed by atoms with van der Waals surface area (Å²) in [6.07, 6.45) is 1.17. The lowest BCUT2D eigenvalue weighted by atomic mass is 9.73. The van der Waals surface area contributed by atoms with E-state index in [4.69, 9.17) is 10.5 Å². The molecule has 11 heteroatoms. The first-order chi connectivity index (χ1) is 19.0. The molecule has 0 spiro atoms. The van der Waals surface area contributed by atoms with Gasteiger partial charge in [-0.25, -0.2) is 13.8 Å². The van der Waals surface area contributed by atoms with Crippen molar-refractivity contribution >= 4 is 27.5 Å². The van der Waals surface area contributed by atoms with Gasteiger partial charge in [0.2, 0.25) is 17.7 Å². The van der Waals surface area contributed by atoms with Crippen molar-refractivity contribution in [1.29, 1.82) is 0 Å². The maximum absolute atomic E-state index is 14.3. The zero-order valence-corrected chi connectivity index (χ0v) is 23.4. The Bertz CT molecular complexity index is 1430. The number of hydrogen-bond acceptors (Lipinski definition) is 6. The van der Waals surface area contributed by atoms with E-state index in [1.807, 2.05) is 12.1 Å². The van der Waals surface area contributed by atoms with Gasteiger partial charge in [-0.15, -0.1) is 0 Å². The number of nitrogens with zero attached hydrogens (tertiary/aromatic N) is 3. The van der Waals surface area contributed by atoms with Gasteiger partial charge in [-0.1, -0.05) is 52.3 Å². The van der Waals surface area contributed by atoms with Crippen LogP contribution in [0.4, 0.5) is 14.5 Å². The van der Waals surface area contributed by atoms with Crippen molar-refractivity contribution in [2.45, 2.75) is 56.1 Å². The number of amides is 1. The standard InChI is InChI=1S/C29H31BrF2N4O4/c30-20-7-4-8-21(15-20)40-25-24(33)27(38)36(18-34-25)17-28(39)11-13-35(14-12-28)26(37)22-9-10-29(31,32)16-23(22)19-5-2-1-3-6-19/h1-8,15,18,22-23,39H,9-14,16-17,33H2/t22-,23+/m1/s1. The van der Waals surface area contributed by atoms with Gasteiger partial charge >= 0.3 is 0 Å². The van der Waals surface area contributed by atoms with E-state index in [0.29, 0.717) is 5.75 Å². The second-order valence-electron chi connectivity index (χ2n) is 10.7. The number of carbonyl (C=O) groups is 1. The molecular formula is C29H31BrF2N4O4. The van der Waals surface area contributed by atoms with Crippen LogP contribution in [0.1, 0.15) is 43.6 Å². The third-order valence-electron chi connectivity index (χ3n) is 7.89. The molecule has 2 heterocycles. The molecule has 1 saturated carbocycles. The van der Waals surface area contributed by atoms with Gasteiger partial charge in [-0.3, -0.25) is 14.2 Å². The fraction of sp³-hybridized carbons (Fsp3) is 0.414. The predicted octanol–water partition coefficient (Wildman–Crippen LogP) is 4.95. The molecule has 1 aliphatic heterocycles. The lowest BCUT2D eigenvalue weighted by Crippen LogP contribution is -2.52. The van der Waals surface area contributed by atoms with Crippen molar-refractivity contribution in [2.75, 3.05) is 18.8 Å². The highest BCUT2D eigenvalue weighted by molar-refractivity contribution is 9.10. The van der Waals surface area contributed by atoms with Gasteiger partial charge in [-0.05, 0) is 43.0 Å². The summed E-state index contributed by atoms with van der Waals surface area (Å²) in [5.41, 5.74) is 4.78. The maximum atomic E-state index is 14.3. The SMILES string of the molecule is Nc1c(Oc2cccc(Br)c2)ncn(CC2(O)CCN(C(=O)[C@@H]3CCC(F)(F)C[C@H]3c3ccccc3)CC2)c1=O. The highest BCUT2D eigenvalue weighted by atomic mass is 79.9. The van der Waals surface area contributed by atoms with Gasteiger partial charge in [0.15, 0.2) is 5.69 Å². The van der Waals surface area contributed by atoms with Crippen LogP contribution in [0.15, 0.2) is 70.2 Å². The largest absolute Gasteiger partial charge is 0.437 e. The Morgan fingerprint density at radius 2 is 1.85 bits per heavy atom. The minimum Gasteiger partial charge on any atom is -0.437 e. The smallest absolute Gasteiger partial charge is 0.280 e. The molecular weight excluding hydrogens is 586 g/mol. The zero-order valence-electron chi connectivity index (χ0n) is 21.8. The Labute approximate surface area is 238 Å². The van der Waals surface area contributed by atoms with E-state index in [1.165, 1.54) is 10.9 Å². The topological polar surface area (TPSA) is 111 Å². The van der Waals surface area contributed by atoms with Crippen molar-refractivity contribution < 1.29 is 23.4 Å². The zero-order chi connectivity index (χ0) is 28.5. The van der Waals surface area contributed by atoms with E-state index < -0.39 is 28.9 Å². The third kappa shape index (κ3) is 6.20. The Morgan fingerprint density at radius 3 is 2.55 bits per heavy atom. The van der Waals surface area contributed by atoms with Crippen LogP contribution in [0, 0.1) is 5.92 Å². The monoisotopic (exact) mass is 616 g/mol. The first kappa shape index (κ1) is 28.2. The molecule has 1 aliphatic carbocycles. The molecule has 8 nitrogen and oxygen atoms in total. The minimum absolute atomic E-state index is 0.0298. The summed E-state index contributed by atoms with van der Waals surface area (Å²) in [7, 11) is 0. The van der Waals surface area contributed by atoms with Gasteiger partial charge in [0.1, 0.15) is 12.1 Å². The first-order valence-corrected chi connectivity index (χ1v) is 14.1. The number of likely N-dealkylation sites (tertiary alicyclic amines) is 1. The average molecular weight is 617 g/mol. The molecule has 2 aliphatic rings. The molecule has 0 radical (unpaired) electrons. The number of benzene rings is 2. The summed E-state index contributed by atoms with van der Waals surface area (Å²) in [6.45, 7) is 0.460. The number of rotatable bonds is 6. The molecule has 2 atom stereocenters. The normalized spacial score (nSPS) is 22.1.